The Bertz CT molecular complexity index is 399. The van der Waals surface area contributed by atoms with Crippen LogP contribution in [0.4, 0.5) is 0 Å². The highest BCUT2D eigenvalue weighted by Crippen LogP contribution is 2.48. The minimum atomic E-state index is -1.66. The molecule has 122 valence electrons. The van der Waals surface area contributed by atoms with Gasteiger partial charge in [0.1, 0.15) is 18.3 Å². The van der Waals surface area contributed by atoms with Gasteiger partial charge in [-0.15, -0.1) is 0 Å². The SMILES string of the molecule is COC(C)(CC1O[C@H]2[C@H]3O[C@@H](C(Cl)(Cl)Cl)O[C@H]3O[C@H]12)OC. The van der Waals surface area contributed by atoms with Crippen LogP contribution in [-0.4, -0.2) is 60.8 Å². The molecule has 0 spiro atoms. The first-order valence-electron chi connectivity index (χ1n) is 6.56. The van der Waals surface area contributed by atoms with Crippen molar-refractivity contribution in [1.82, 2.24) is 0 Å². The maximum atomic E-state index is 5.82. The lowest BCUT2D eigenvalue weighted by molar-refractivity contribution is -0.290. The predicted octanol–water partition coefficient (Wildman–Crippen LogP) is 1.99. The maximum absolute atomic E-state index is 5.82. The molecule has 1 unspecified atom stereocenters. The highest BCUT2D eigenvalue weighted by Gasteiger charge is 2.64. The van der Waals surface area contributed by atoms with E-state index in [1.165, 1.54) is 0 Å². The Hall–Kier alpha value is 0.630. The van der Waals surface area contributed by atoms with Crippen molar-refractivity contribution in [3.8, 4) is 0 Å². The molecule has 6 nitrogen and oxygen atoms in total. The Morgan fingerprint density at radius 2 is 1.57 bits per heavy atom. The van der Waals surface area contributed by atoms with Crippen molar-refractivity contribution in [2.24, 2.45) is 0 Å². The monoisotopic (exact) mass is 362 g/mol. The van der Waals surface area contributed by atoms with Gasteiger partial charge in [0.2, 0.25) is 10.1 Å². The lowest BCUT2D eigenvalue weighted by atomic mass is 9.93. The number of hydrogen-bond acceptors (Lipinski definition) is 6. The summed E-state index contributed by atoms with van der Waals surface area (Å²) < 4.78 is 31.7. The normalized spacial score (nSPS) is 42.6. The van der Waals surface area contributed by atoms with Crippen LogP contribution in [0.5, 0.6) is 0 Å². The Kier molecular flexibility index (Phi) is 4.41. The summed E-state index contributed by atoms with van der Waals surface area (Å²) in [5, 5.41) is 0. The maximum Gasteiger partial charge on any atom is 0.241 e. The van der Waals surface area contributed by atoms with E-state index in [-0.39, 0.29) is 24.4 Å². The molecule has 3 heterocycles. The second kappa shape index (κ2) is 5.61. The average molecular weight is 364 g/mol. The van der Waals surface area contributed by atoms with Crippen LogP contribution in [0.15, 0.2) is 0 Å². The number of hydrogen-bond donors (Lipinski definition) is 0. The molecule has 3 aliphatic heterocycles. The third-order valence-corrected chi connectivity index (χ3v) is 4.68. The van der Waals surface area contributed by atoms with E-state index < -0.39 is 22.2 Å². The quantitative estimate of drug-likeness (QED) is 0.562. The first-order chi connectivity index (χ1) is 9.77. The number of rotatable bonds is 4. The first-order valence-corrected chi connectivity index (χ1v) is 7.70. The van der Waals surface area contributed by atoms with Gasteiger partial charge in [0.15, 0.2) is 12.1 Å². The van der Waals surface area contributed by atoms with E-state index in [0.717, 1.165) is 0 Å². The van der Waals surface area contributed by atoms with Crippen molar-refractivity contribution in [1.29, 1.82) is 0 Å². The van der Waals surface area contributed by atoms with Crippen LogP contribution in [0.3, 0.4) is 0 Å². The van der Waals surface area contributed by atoms with Crippen LogP contribution in [-0.2, 0) is 28.4 Å². The van der Waals surface area contributed by atoms with Gasteiger partial charge in [-0.1, -0.05) is 34.8 Å². The van der Waals surface area contributed by atoms with Gasteiger partial charge >= 0.3 is 0 Å². The summed E-state index contributed by atoms with van der Waals surface area (Å²) in [5.41, 5.74) is 0. The molecule has 0 radical (unpaired) electrons. The van der Waals surface area contributed by atoms with Crippen molar-refractivity contribution in [3.05, 3.63) is 0 Å². The highest BCUT2D eigenvalue weighted by atomic mass is 35.6. The summed E-state index contributed by atoms with van der Waals surface area (Å²) >= 11 is 17.3. The molecule has 3 aliphatic rings. The van der Waals surface area contributed by atoms with E-state index in [1.807, 2.05) is 6.92 Å². The fourth-order valence-corrected chi connectivity index (χ4v) is 3.09. The number of ether oxygens (including phenoxy) is 6. The third kappa shape index (κ3) is 2.91. The fraction of sp³-hybridized carbons (Fsp3) is 1.00. The largest absolute Gasteiger partial charge is 0.366 e. The third-order valence-electron chi connectivity index (χ3n) is 4.15. The molecule has 0 bridgehead atoms. The number of fused-ring (bicyclic) bond motifs is 3. The summed E-state index contributed by atoms with van der Waals surface area (Å²) in [6, 6.07) is 0. The van der Waals surface area contributed by atoms with Crippen molar-refractivity contribution >= 4 is 34.8 Å². The minimum absolute atomic E-state index is 0.138. The zero-order valence-corrected chi connectivity index (χ0v) is 14.0. The highest BCUT2D eigenvalue weighted by molar-refractivity contribution is 6.67. The summed E-state index contributed by atoms with van der Waals surface area (Å²) in [4.78, 5) is 0. The van der Waals surface area contributed by atoms with Crippen molar-refractivity contribution in [3.63, 3.8) is 0 Å². The van der Waals surface area contributed by atoms with Gasteiger partial charge in [-0.2, -0.15) is 0 Å². The lowest BCUT2D eigenvalue weighted by Gasteiger charge is -2.44. The van der Waals surface area contributed by atoms with Gasteiger partial charge in [0, 0.05) is 20.6 Å². The molecule has 0 aromatic rings. The van der Waals surface area contributed by atoms with Crippen LogP contribution in [0.2, 0.25) is 0 Å². The van der Waals surface area contributed by atoms with E-state index in [0.29, 0.717) is 6.42 Å². The smallest absolute Gasteiger partial charge is 0.241 e. The summed E-state index contributed by atoms with van der Waals surface area (Å²) in [6.45, 7) is 1.84. The zero-order chi connectivity index (χ0) is 15.4. The fourth-order valence-electron chi connectivity index (χ4n) is 2.78. The Morgan fingerprint density at radius 3 is 2.14 bits per heavy atom. The molecule has 0 saturated carbocycles. The van der Waals surface area contributed by atoms with Crippen LogP contribution in [0, 0.1) is 0 Å². The number of methoxy groups -OCH3 is 2. The van der Waals surface area contributed by atoms with Gasteiger partial charge in [-0.05, 0) is 6.92 Å². The van der Waals surface area contributed by atoms with Gasteiger partial charge in [0.25, 0.3) is 0 Å². The molecule has 0 amide bonds. The number of halogens is 3. The van der Waals surface area contributed by atoms with E-state index in [2.05, 4.69) is 0 Å². The van der Waals surface area contributed by atoms with Gasteiger partial charge in [-0.25, -0.2) is 0 Å². The molecule has 3 fully saturated rings. The molecular weight excluding hydrogens is 346 g/mol. The van der Waals surface area contributed by atoms with E-state index in [1.54, 1.807) is 14.2 Å². The van der Waals surface area contributed by atoms with Crippen molar-refractivity contribution < 1.29 is 28.4 Å². The number of alkyl halides is 3. The second-order valence-electron chi connectivity index (χ2n) is 5.46. The molecular formula is C12H17Cl3O6. The average Bonchev–Trinajstić information content (AvgIpc) is 2.93. The Labute approximate surface area is 137 Å². The molecule has 0 aromatic heterocycles. The molecule has 9 heteroatoms. The molecule has 21 heavy (non-hydrogen) atoms. The summed E-state index contributed by atoms with van der Waals surface area (Å²) in [7, 11) is 3.17. The zero-order valence-electron chi connectivity index (χ0n) is 11.8. The summed E-state index contributed by atoms with van der Waals surface area (Å²) in [6.07, 6.45) is -1.90. The van der Waals surface area contributed by atoms with Crippen LogP contribution in [0.1, 0.15) is 13.3 Å². The first kappa shape index (κ1) is 16.5. The molecule has 0 aliphatic carbocycles. The van der Waals surface area contributed by atoms with Gasteiger partial charge in [-0.3, -0.25) is 0 Å². The van der Waals surface area contributed by atoms with E-state index in [9.17, 15) is 0 Å². The van der Waals surface area contributed by atoms with Crippen molar-refractivity contribution in [2.45, 2.75) is 59.9 Å². The molecule has 0 aromatic carbocycles. The topological polar surface area (TPSA) is 55.4 Å². The van der Waals surface area contributed by atoms with Crippen LogP contribution >= 0.6 is 34.8 Å². The minimum Gasteiger partial charge on any atom is -0.366 e. The molecule has 0 N–H and O–H groups in total. The summed E-state index contributed by atoms with van der Waals surface area (Å²) in [5.74, 6) is -0.724. The van der Waals surface area contributed by atoms with Crippen LogP contribution in [0.25, 0.3) is 0 Å². The van der Waals surface area contributed by atoms with Gasteiger partial charge in [0.05, 0.1) is 6.10 Å². The molecule has 3 rings (SSSR count). The van der Waals surface area contributed by atoms with E-state index >= 15 is 0 Å². The van der Waals surface area contributed by atoms with Gasteiger partial charge < -0.3 is 28.4 Å². The lowest BCUT2D eigenvalue weighted by Crippen LogP contribution is -2.58. The van der Waals surface area contributed by atoms with Crippen molar-refractivity contribution in [2.75, 3.05) is 14.2 Å². The standard InChI is InChI=1S/C12H17Cl3O6/c1-11(16-2,17-3)4-5-6-7(18-5)8-9(19-6)21-10(20-8)12(13,14)15/h5-10H,4H2,1-3H3/t5?,6-,7-,8-,9-,10-/m1/s1. The molecule has 6 atom stereocenters. The van der Waals surface area contributed by atoms with E-state index in [4.69, 9.17) is 63.2 Å². The Morgan fingerprint density at radius 1 is 0.905 bits per heavy atom. The predicted molar refractivity (Wildman–Crippen MR) is 74.4 cm³/mol. The van der Waals surface area contributed by atoms with Crippen LogP contribution < -0.4 is 0 Å². The second-order valence-corrected chi connectivity index (χ2v) is 7.83. The Balaban J connectivity index is 1.58. The molecule has 3 saturated heterocycles.